The molecule has 0 radical (unpaired) electrons. The van der Waals surface area contributed by atoms with Crippen LogP contribution in [-0.2, 0) is 9.53 Å². The first kappa shape index (κ1) is 19.6. The molecule has 0 unspecified atom stereocenters. The number of esters is 1. The van der Waals surface area contributed by atoms with Crippen molar-refractivity contribution in [1.82, 2.24) is 0 Å². The number of amides is 1. The number of benzene rings is 2. The first-order valence-corrected chi connectivity index (χ1v) is 8.36. The predicted octanol–water partition coefficient (Wildman–Crippen LogP) is 3.85. The SMILES string of the molecule is CCOc1cc(C(=O)OCC(=O)Nc2ccc(C)c(Cl)c2)ccc1OC. The summed E-state index contributed by atoms with van der Waals surface area (Å²) in [6.45, 7) is 3.70. The van der Waals surface area contributed by atoms with Gasteiger partial charge in [0.25, 0.3) is 5.91 Å². The lowest BCUT2D eigenvalue weighted by molar-refractivity contribution is -0.119. The highest BCUT2D eigenvalue weighted by Crippen LogP contribution is 2.28. The zero-order valence-electron chi connectivity index (χ0n) is 14.8. The molecule has 2 rings (SSSR count). The maximum atomic E-state index is 12.1. The number of carbonyl (C=O) groups excluding carboxylic acids is 2. The lowest BCUT2D eigenvalue weighted by Gasteiger charge is -2.11. The molecular formula is C19H20ClNO5. The van der Waals surface area contributed by atoms with Gasteiger partial charge in [-0.2, -0.15) is 0 Å². The third kappa shape index (κ3) is 5.13. The van der Waals surface area contributed by atoms with Crippen LogP contribution < -0.4 is 14.8 Å². The number of nitrogens with one attached hydrogen (secondary N) is 1. The van der Waals surface area contributed by atoms with Crippen molar-refractivity contribution in [2.24, 2.45) is 0 Å². The predicted molar refractivity (Wildman–Crippen MR) is 99.3 cm³/mol. The number of ether oxygens (including phenoxy) is 3. The van der Waals surface area contributed by atoms with Gasteiger partial charge in [-0.3, -0.25) is 4.79 Å². The van der Waals surface area contributed by atoms with Crippen LogP contribution in [0.3, 0.4) is 0 Å². The molecule has 0 aliphatic rings. The molecule has 0 heterocycles. The summed E-state index contributed by atoms with van der Waals surface area (Å²) in [5.41, 5.74) is 1.70. The number of hydrogen-bond donors (Lipinski definition) is 1. The van der Waals surface area contributed by atoms with Crippen LogP contribution >= 0.6 is 11.6 Å². The van der Waals surface area contributed by atoms with Gasteiger partial charge in [0.15, 0.2) is 18.1 Å². The molecule has 0 aromatic heterocycles. The van der Waals surface area contributed by atoms with Gasteiger partial charge in [-0.25, -0.2) is 4.79 Å². The second-order valence-electron chi connectivity index (χ2n) is 5.39. The Balaban J connectivity index is 1.96. The summed E-state index contributed by atoms with van der Waals surface area (Å²) >= 11 is 6.01. The third-order valence-electron chi connectivity index (χ3n) is 3.49. The van der Waals surface area contributed by atoms with E-state index >= 15 is 0 Å². The Morgan fingerprint density at radius 1 is 1.12 bits per heavy atom. The molecule has 0 bridgehead atoms. The largest absolute Gasteiger partial charge is 0.493 e. The summed E-state index contributed by atoms with van der Waals surface area (Å²) in [6, 6.07) is 9.81. The lowest BCUT2D eigenvalue weighted by Crippen LogP contribution is -2.21. The molecule has 26 heavy (non-hydrogen) atoms. The molecule has 1 N–H and O–H groups in total. The first-order chi connectivity index (χ1) is 12.4. The molecule has 6 nitrogen and oxygen atoms in total. The Labute approximate surface area is 157 Å². The van der Waals surface area contributed by atoms with Crippen molar-refractivity contribution in [2.45, 2.75) is 13.8 Å². The highest BCUT2D eigenvalue weighted by Gasteiger charge is 2.14. The molecule has 0 aliphatic carbocycles. The monoisotopic (exact) mass is 377 g/mol. The van der Waals surface area contributed by atoms with Gasteiger partial charge in [0.1, 0.15) is 0 Å². The topological polar surface area (TPSA) is 73.9 Å². The van der Waals surface area contributed by atoms with E-state index in [1.807, 2.05) is 13.8 Å². The fraction of sp³-hybridized carbons (Fsp3) is 0.263. The number of aryl methyl sites for hydroxylation is 1. The molecule has 7 heteroatoms. The molecule has 0 atom stereocenters. The van der Waals surface area contributed by atoms with E-state index < -0.39 is 18.5 Å². The zero-order chi connectivity index (χ0) is 19.1. The second-order valence-corrected chi connectivity index (χ2v) is 5.79. The average Bonchev–Trinajstić information content (AvgIpc) is 2.63. The number of anilines is 1. The van der Waals surface area contributed by atoms with Crippen LogP contribution in [0.15, 0.2) is 36.4 Å². The van der Waals surface area contributed by atoms with Gasteiger partial charge >= 0.3 is 5.97 Å². The Morgan fingerprint density at radius 3 is 2.54 bits per heavy atom. The van der Waals surface area contributed by atoms with Crippen LogP contribution in [-0.4, -0.2) is 32.2 Å². The molecule has 2 aromatic carbocycles. The zero-order valence-corrected chi connectivity index (χ0v) is 15.6. The van der Waals surface area contributed by atoms with Crippen LogP contribution in [0.1, 0.15) is 22.8 Å². The fourth-order valence-corrected chi connectivity index (χ4v) is 2.33. The van der Waals surface area contributed by atoms with E-state index in [0.29, 0.717) is 28.8 Å². The summed E-state index contributed by atoms with van der Waals surface area (Å²) in [7, 11) is 1.51. The maximum Gasteiger partial charge on any atom is 0.338 e. The maximum absolute atomic E-state index is 12.1. The van der Waals surface area contributed by atoms with Crippen molar-refractivity contribution in [1.29, 1.82) is 0 Å². The third-order valence-corrected chi connectivity index (χ3v) is 3.90. The van der Waals surface area contributed by atoms with Crippen LogP contribution in [0.25, 0.3) is 0 Å². The molecule has 0 saturated carbocycles. The minimum atomic E-state index is -0.634. The van der Waals surface area contributed by atoms with Crippen molar-refractivity contribution < 1.29 is 23.8 Å². The summed E-state index contributed by atoms with van der Waals surface area (Å²) in [4.78, 5) is 24.1. The molecule has 1 amide bonds. The quantitative estimate of drug-likeness (QED) is 0.742. The molecular weight excluding hydrogens is 358 g/mol. The molecule has 0 fully saturated rings. The van der Waals surface area contributed by atoms with Crippen LogP contribution in [0.5, 0.6) is 11.5 Å². The highest BCUT2D eigenvalue weighted by atomic mass is 35.5. The average molecular weight is 378 g/mol. The van der Waals surface area contributed by atoms with Crippen LogP contribution in [0, 0.1) is 6.92 Å². The molecule has 0 spiro atoms. The van der Waals surface area contributed by atoms with E-state index in [9.17, 15) is 9.59 Å². The normalized spacial score (nSPS) is 10.2. The van der Waals surface area contributed by atoms with Crippen molar-refractivity contribution in [3.05, 3.63) is 52.5 Å². The first-order valence-electron chi connectivity index (χ1n) is 7.98. The number of hydrogen-bond acceptors (Lipinski definition) is 5. The Morgan fingerprint density at radius 2 is 1.88 bits per heavy atom. The van der Waals surface area contributed by atoms with Gasteiger partial charge in [-0.15, -0.1) is 0 Å². The molecule has 0 aliphatic heterocycles. The summed E-state index contributed by atoms with van der Waals surface area (Å²) in [6.07, 6.45) is 0. The second kappa shape index (κ2) is 9.10. The number of carbonyl (C=O) groups is 2. The van der Waals surface area contributed by atoms with Crippen LogP contribution in [0.4, 0.5) is 5.69 Å². The fourth-order valence-electron chi connectivity index (χ4n) is 2.15. The van der Waals surface area contributed by atoms with Gasteiger partial charge in [-0.1, -0.05) is 17.7 Å². The molecule has 2 aromatic rings. The van der Waals surface area contributed by atoms with Crippen molar-refractivity contribution >= 4 is 29.2 Å². The minimum absolute atomic E-state index is 0.264. The van der Waals surface area contributed by atoms with E-state index in [-0.39, 0.29) is 5.56 Å². The van der Waals surface area contributed by atoms with Gasteiger partial charge < -0.3 is 19.5 Å². The Kier molecular flexibility index (Phi) is 6.86. The van der Waals surface area contributed by atoms with E-state index in [1.165, 1.54) is 13.2 Å². The van der Waals surface area contributed by atoms with E-state index in [1.54, 1.807) is 30.3 Å². The number of halogens is 1. The van der Waals surface area contributed by atoms with Crippen molar-refractivity contribution in [2.75, 3.05) is 25.6 Å². The lowest BCUT2D eigenvalue weighted by atomic mass is 10.2. The van der Waals surface area contributed by atoms with E-state index in [4.69, 9.17) is 25.8 Å². The minimum Gasteiger partial charge on any atom is -0.493 e. The van der Waals surface area contributed by atoms with Gasteiger partial charge in [0.2, 0.25) is 0 Å². The van der Waals surface area contributed by atoms with E-state index in [2.05, 4.69) is 5.32 Å². The standard InChI is InChI=1S/C19H20ClNO5/c1-4-25-17-9-13(6-8-16(17)24-3)19(23)26-11-18(22)21-14-7-5-12(2)15(20)10-14/h5-10H,4,11H2,1-3H3,(H,21,22). The summed E-state index contributed by atoms with van der Waals surface area (Å²) in [5, 5.41) is 3.16. The smallest absolute Gasteiger partial charge is 0.338 e. The Bertz CT molecular complexity index is 807. The van der Waals surface area contributed by atoms with Crippen LogP contribution in [0.2, 0.25) is 5.02 Å². The molecule has 0 saturated heterocycles. The van der Waals surface area contributed by atoms with Crippen molar-refractivity contribution in [3.63, 3.8) is 0 Å². The number of methoxy groups -OCH3 is 1. The molecule has 138 valence electrons. The van der Waals surface area contributed by atoms with Crippen molar-refractivity contribution in [3.8, 4) is 11.5 Å². The van der Waals surface area contributed by atoms with Gasteiger partial charge in [0, 0.05) is 10.7 Å². The summed E-state index contributed by atoms with van der Waals surface area (Å²) < 4.78 is 15.6. The summed E-state index contributed by atoms with van der Waals surface area (Å²) in [5.74, 6) is -0.150. The van der Waals surface area contributed by atoms with E-state index in [0.717, 1.165) is 5.56 Å². The van der Waals surface area contributed by atoms with Gasteiger partial charge in [-0.05, 0) is 49.7 Å². The highest BCUT2D eigenvalue weighted by molar-refractivity contribution is 6.31. The van der Waals surface area contributed by atoms with Gasteiger partial charge in [0.05, 0.1) is 19.3 Å². The number of rotatable bonds is 7. The Hall–Kier alpha value is -2.73.